The van der Waals surface area contributed by atoms with Gasteiger partial charge in [0.25, 0.3) is 0 Å². The highest BCUT2D eigenvalue weighted by atomic mass is 32.2. The molecule has 0 aromatic carbocycles. The summed E-state index contributed by atoms with van der Waals surface area (Å²) in [4.78, 5) is 0. The van der Waals surface area contributed by atoms with Gasteiger partial charge in [-0.2, -0.15) is 4.31 Å². The van der Waals surface area contributed by atoms with Crippen LogP contribution in [0.15, 0.2) is 0 Å². The van der Waals surface area contributed by atoms with Crippen molar-refractivity contribution in [3.63, 3.8) is 0 Å². The summed E-state index contributed by atoms with van der Waals surface area (Å²) in [6, 6.07) is 0.486. The third kappa shape index (κ3) is 2.46. The fourth-order valence-electron chi connectivity index (χ4n) is 1.78. The second kappa shape index (κ2) is 4.16. The van der Waals surface area contributed by atoms with Crippen LogP contribution in [0.1, 0.15) is 27.7 Å². The van der Waals surface area contributed by atoms with E-state index in [0.29, 0.717) is 13.1 Å². The highest BCUT2D eigenvalue weighted by molar-refractivity contribution is 7.89. The van der Waals surface area contributed by atoms with Crippen molar-refractivity contribution >= 4 is 10.0 Å². The van der Waals surface area contributed by atoms with Crippen LogP contribution in [0.4, 0.5) is 0 Å². The Morgan fingerprint density at radius 2 is 1.64 bits per heavy atom. The van der Waals surface area contributed by atoms with Crippen LogP contribution in [0.2, 0.25) is 0 Å². The van der Waals surface area contributed by atoms with Gasteiger partial charge in [0.15, 0.2) is 0 Å². The number of rotatable bonds is 2. The van der Waals surface area contributed by atoms with Crippen LogP contribution in [-0.2, 0) is 10.0 Å². The number of piperazine rings is 1. The minimum Gasteiger partial charge on any atom is -0.309 e. The van der Waals surface area contributed by atoms with Crippen LogP contribution in [0.25, 0.3) is 0 Å². The van der Waals surface area contributed by atoms with Gasteiger partial charge in [-0.05, 0) is 27.7 Å². The van der Waals surface area contributed by atoms with E-state index in [0.717, 1.165) is 0 Å². The summed E-state index contributed by atoms with van der Waals surface area (Å²) in [7, 11) is -3.07. The number of hydrogen-bond acceptors (Lipinski definition) is 3. The Kier molecular flexibility index (Phi) is 3.55. The molecule has 0 amide bonds. The Morgan fingerprint density at radius 3 is 2.00 bits per heavy atom. The Morgan fingerprint density at radius 1 is 1.21 bits per heavy atom. The minimum absolute atomic E-state index is 0.243. The zero-order valence-electron chi connectivity index (χ0n) is 9.32. The van der Waals surface area contributed by atoms with Gasteiger partial charge in [0.05, 0.1) is 5.25 Å². The van der Waals surface area contributed by atoms with Gasteiger partial charge in [0.2, 0.25) is 10.0 Å². The molecule has 0 aromatic rings. The molecule has 0 bridgehead atoms. The molecule has 1 rings (SSSR count). The molecule has 0 unspecified atom stereocenters. The van der Waals surface area contributed by atoms with Crippen molar-refractivity contribution in [3.05, 3.63) is 0 Å². The third-order valence-electron chi connectivity index (χ3n) is 2.48. The molecule has 0 spiro atoms. The summed E-state index contributed by atoms with van der Waals surface area (Å²) in [5.41, 5.74) is 0. The van der Waals surface area contributed by atoms with Gasteiger partial charge in [-0.15, -0.1) is 0 Å². The Labute approximate surface area is 86.7 Å². The van der Waals surface area contributed by atoms with Crippen LogP contribution < -0.4 is 5.32 Å². The molecule has 0 aromatic heterocycles. The van der Waals surface area contributed by atoms with Crippen molar-refractivity contribution in [2.24, 2.45) is 0 Å². The molecule has 1 N–H and O–H groups in total. The van der Waals surface area contributed by atoms with E-state index in [4.69, 9.17) is 0 Å². The standard InChI is InChI=1S/C9H20N2O2S/c1-7(2)14(12,13)11-5-8(3)10-9(4)6-11/h7-10H,5-6H2,1-4H3/t8-,9+. The largest absolute Gasteiger partial charge is 0.309 e. The van der Waals surface area contributed by atoms with Gasteiger partial charge in [-0.3, -0.25) is 0 Å². The molecule has 1 fully saturated rings. The van der Waals surface area contributed by atoms with E-state index in [1.54, 1.807) is 18.2 Å². The molecule has 0 radical (unpaired) electrons. The molecule has 1 aliphatic heterocycles. The quantitative estimate of drug-likeness (QED) is 0.733. The highest BCUT2D eigenvalue weighted by Crippen LogP contribution is 2.13. The van der Waals surface area contributed by atoms with Crippen molar-refractivity contribution in [1.29, 1.82) is 0 Å². The molecular formula is C9H20N2O2S. The molecule has 2 atom stereocenters. The predicted octanol–water partition coefficient (Wildman–Crippen LogP) is 0.407. The lowest BCUT2D eigenvalue weighted by molar-refractivity contribution is 0.261. The molecule has 1 aliphatic rings. The van der Waals surface area contributed by atoms with Gasteiger partial charge < -0.3 is 5.32 Å². The molecule has 1 saturated heterocycles. The lowest BCUT2D eigenvalue weighted by Gasteiger charge is -2.36. The number of nitrogens with zero attached hydrogens (tertiary/aromatic N) is 1. The Bertz CT molecular complexity index is 277. The fourth-order valence-corrected chi connectivity index (χ4v) is 3.24. The Balaban J connectivity index is 2.78. The monoisotopic (exact) mass is 220 g/mol. The van der Waals surface area contributed by atoms with Crippen molar-refractivity contribution in [2.75, 3.05) is 13.1 Å². The van der Waals surface area contributed by atoms with E-state index >= 15 is 0 Å². The lowest BCUT2D eigenvalue weighted by Crippen LogP contribution is -2.56. The second-order valence-corrected chi connectivity index (χ2v) is 6.87. The molecule has 5 heteroatoms. The summed E-state index contributed by atoms with van der Waals surface area (Å²) in [5, 5.41) is 2.99. The van der Waals surface area contributed by atoms with Crippen LogP contribution in [0, 0.1) is 0 Å². The summed E-state index contributed by atoms with van der Waals surface area (Å²) >= 11 is 0. The Hall–Kier alpha value is -0.130. The summed E-state index contributed by atoms with van der Waals surface area (Å²) < 4.78 is 25.3. The molecule has 0 aliphatic carbocycles. The van der Waals surface area contributed by atoms with E-state index in [9.17, 15) is 8.42 Å². The van der Waals surface area contributed by atoms with Crippen molar-refractivity contribution in [3.8, 4) is 0 Å². The van der Waals surface area contributed by atoms with E-state index in [1.807, 2.05) is 13.8 Å². The summed E-state index contributed by atoms with van der Waals surface area (Å²) in [6.45, 7) is 8.66. The predicted molar refractivity (Wildman–Crippen MR) is 57.7 cm³/mol. The van der Waals surface area contributed by atoms with Crippen molar-refractivity contribution in [1.82, 2.24) is 9.62 Å². The van der Waals surface area contributed by atoms with E-state index in [1.165, 1.54) is 0 Å². The zero-order chi connectivity index (χ0) is 10.9. The maximum Gasteiger partial charge on any atom is 0.216 e. The van der Waals surface area contributed by atoms with Gasteiger partial charge in [-0.1, -0.05) is 0 Å². The van der Waals surface area contributed by atoms with Crippen LogP contribution in [0.3, 0.4) is 0 Å². The lowest BCUT2D eigenvalue weighted by atomic mass is 10.2. The third-order valence-corrected chi connectivity index (χ3v) is 4.69. The average molecular weight is 220 g/mol. The average Bonchev–Trinajstić information content (AvgIpc) is 2.01. The van der Waals surface area contributed by atoms with Gasteiger partial charge in [0.1, 0.15) is 0 Å². The van der Waals surface area contributed by atoms with E-state index in [2.05, 4.69) is 5.32 Å². The van der Waals surface area contributed by atoms with Gasteiger partial charge in [0, 0.05) is 25.2 Å². The first kappa shape index (κ1) is 11.9. The first-order valence-electron chi connectivity index (χ1n) is 5.09. The molecule has 14 heavy (non-hydrogen) atoms. The normalized spacial score (nSPS) is 30.9. The topological polar surface area (TPSA) is 49.4 Å². The molecule has 4 nitrogen and oxygen atoms in total. The molecular weight excluding hydrogens is 200 g/mol. The van der Waals surface area contributed by atoms with Crippen LogP contribution in [-0.4, -0.2) is 43.1 Å². The molecule has 0 saturated carbocycles. The number of nitrogens with one attached hydrogen (secondary N) is 1. The first-order valence-corrected chi connectivity index (χ1v) is 6.59. The molecule has 1 heterocycles. The van der Waals surface area contributed by atoms with Gasteiger partial charge >= 0.3 is 0 Å². The fraction of sp³-hybridized carbons (Fsp3) is 1.00. The van der Waals surface area contributed by atoms with E-state index in [-0.39, 0.29) is 17.3 Å². The van der Waals surface area contributed by atoms with E-state index < -0.39 is 10.0 Å². The second-order valence-electron chi connectivity index (χ2n) is 4.38. The van der Waals surface area contributed by atoms with Gasteiger partial charge in [-0.25, -0.2) is 8.42 Å². The summed E-state index contributed by atoms with van der Waals surface area (Å²) in [6.07, 6.45) is 0. The van der Waals surface area contributed by atoms with Crippen LogP contribution in [0.5, 0.6) is 0 Å². The summed E-state index contributed by atoms with van der Waals surface area (Å²) in [5.74, 6) is 0. The number of sulfonamides is 1. The first-order chi connectivity index (χ1) is 6.34. The zero-order valence-corrected chi connectivity index (χ0v) is 10.1. The smallest absolute Gasteiger partial charge is 0.216 e. The van der Waals surface area contributed by atoms with Crippen molar-refractivity contribution in [2.45, 2.75) is 45.0 Å². The molecule has 84 valence electrons. The van der Waals surface area contributed by atoms with Crippen LogP contribution >= 0.6 is 0 Å². The highest BCUT2D eigenvalue weighted by Gasteiger charge is 2.31. The minimum atomic E-state index is -3.07. The van der Waals surface area contributed by atoms with Crippen molar-refractivity contribution < 1.29 is 8.42 Å². The SMILES string of the molecule is CC(C)S(=O)(=O)N1C[C@@H](C)N[C@@H](C)C1. The maximum atomic E-state index is 11.9. The maximum absolute atomic E-state index is 11.9. The number of hydrogen-bond donors (Lipinski definition) is 1.